The van der Waals surface area contributed by atoms with Crippen LogP contribution in [0.25, 0.3) is 0 Å². The number of carboxylic acids is 2. The lowest BCUT2D eigenvalue weighted by Crippen LogP contribution is -2.11. The minimum atomic E-state index is -0.870. The van der Waals surface area contributed by atoms with Crippen LogP contribution in [0.1, 0.15) is 25.7 Å². The van der Waals surface area contributed by atoms with Crippen LogP contribution in [0.5, 0.6) is 0 Å². The van der Waals surface area contributed by atoms with Gasteiger partial charge < -0.3 is 44.6 Å². The van der Waals surface area contributed by atoms with Crippen LogP contribution in [0.3, 0.4) is 0 Å². The number of nitrogens with two attached hydrogens (primary N) is 6. The summed E-state index contributed by atoms with van der Waals surface area (Å²) < 4.78 is 0. The first-order valence-corrected chi connectivity index (χ1v) is 7.01. The van der Waals surface area contributed by atoms with Crippen molar-refractivity contribution in [1.29, 1.82) is 0 Å². The van der Waals surface area contributed by atoms with Crippen LogP contribution in [0.15, 0.2) is 0 Å². The molecule has 0 aromatic rings. The van der Waals surface area contributed by atoms with E-state index in [9.17, 15) is 9.59 Å². The molecule has 0 saturated heterocycles. The summed E-state index contributed by atoms with van der Waals surface area (Å²) in [5, 5.41) is 16.3. The van der Waals surface area contributed by atoms with Crippen LogP contribution in [0, 0.1) is 0 Å². The first-order chi connectivity index (χ1) is 10.4. The number of rotatable bonds is 8. The molecule has 10 heteroatoms. The molecule has 0 aromatic carbocycles. The van der Waals surface area contributed by atoms with Crippen LogP contribution in [0.2, 0.25) is 0 Å². The summed E-state index contributed by atoms with van der Waals surface area (Å²) in [6.45, 7) is 3.58. The van der Waals surface area contributed by atoms with Gasteiger partial charge in [-0.3, -0.25) is 9.59 Å². The zero-order chi connectivity index (χ0) is 18.2. The lowest BCUT2D eigenvalue weighted by Gasteiger charge is -1.92. The molecule has 136 valence electrons. The molecule has 0 rings (SSSR count). The summed E-state index contributed by atoms with van der Waals surface area (Å²) in [7, 11) is 0. The monoisotopic (exact) mass is 326 g/mol. The van der Waals surface area contributed by atoms with E-state index in [1.54, 1.807) is 0 Å². The highest BCUT2D eigenvalue weighted by atomic mass is 16.4. The fourth-order valence-corrected chi connectivity index (χ4v) is 0.552. The van der Waals surface area contributed by atoms with Gasteiger partial charge in [0.2, 0.25) is 0 Å². The SMILES string of the molecule is NCCN.NCCN.NCCN.O=C(O)CCCCC(=O)O. The molecule has 10 nitrogen and oxygen atoms in total. The van der Waals surface area contributed by atoms with Crippen molar-refractivity contribution in [2.45, 2.75) is 25.7 Å². The van der Waals surface area contributed by atoms with Crippen LogP contribution in [-0.4, -0.2) is 61.4 Å². The molecule has 0 fully saturated rings. The first-order valence-electron chi connectivity index (χ1n) is 7.01. The van der Waals surface area contributed by atoms with Crippen LogP contribution >= 0.6 is 0 Å². The summed E-state index contributed by atoms with van der Waals surface area (Å²) in [4.78, 5) is 19.8. The van der Waals surface area contributed by atoms with E-state index < -0.39 is 11.9 Å². The second kappa shape index (κ2) is 31.9. The zero-order valence-corrected chi connectivity index (χ0v) is 13.2. The Hall–Kier alpha value is -1.30. The number of carboxylic acid groups (broad SMARTS) is 2. The van der Waals surface area contributed by atoms with Gasteiger partial charge in [-0.1, -0.05) is 0 Å². The first kappa shape index (κ1) is 28.8. The van der Waals surface area contributed by atoms with Crippen molar-refractivity contribution in [3.63, 3.8) is 0 Å². The predicted octanol–water partition coefficient (Wildman–Crippen LogP) is -2.57. The Balaban J connectivity index is -0.000000112. The van der Waals surface area contributed by atoms with Crippen molar-refractivity contribution in [3.05, 3.63) is 0 Å². The minimum absolute atomic E-state index is 0.0628. The molecule has 0 radical (unpaired) electrons. The highest BCUT2D eigenvalue weighted by molar-refractivity contribution is 5.67. The van der Waals surface area contributed by atoms with Crippen LogP contribution < -0.4 is 34.4 Å². The Labute approximate surface area is 132 Å². The minimum Gasteiger partial charge on any atom is -0.481 e. The van der Waals surface area contributed by atoms with E-state index in [2.05, 4.69) is 0 Å². The maximum Gasteiger partial charge on any atom is 0.303 e. The quantitative estimate of drug-likeness (QED) is 0.217. The number of hydrogen-bond donors (Lipinski definition) is 8. The Morgan fingerprint density at radius 3 is 0.818 bits per heavy atom. The average Bonchev–Trinajstić information content (AvgIpc) is 2.52. The largest absolute Gasteiger partial charge is 0.481 e. The third-order valence-electron chi connectivity index (χ3n) is 1.53. The highest BCUT2D eigenvalue weighted by Gasteiger charge is 1.99. The molecule has 0 amide bonds. The Morgan fingerprint density at radius 2 is 0.727 bits per heavy atom. The van der Waals surface area contributed by atoms with Gasteiger partial charge in [0.25, 0.3) is 0 Å². The Morgan fingerprint density at radius 1 is 0.545 bits per heavy atom. The molecule has 0 atom stereocenters. The van der Waals surface area contributed by atoms with Gasteiger partial charge in [0.1, 0.15) is 0 Å². The topological polar surface area (TPSA) is 231 Å². The molecule has 0 heterocycles. The molecule has 0 saturated carbocycles. The standard InChI is InChI=1S/C6H10O4.3C2H8N2/c7-5(8)3-1-2-4-6(9)10;3*3-1-2-4/h1-4H2,(H,7,8)(H,9,10);3*1-4H2. The van der Waals surface area contributed by atoms with E-state index in [0.717, 1.165) is 0 Å². The molecule has 0 aliphatic carbocycles. The molecule has 14 N–H and O–H groups in total. The van der Waals surface area contributed by atoms with E-state index in [-0.39, 0.29) is 12.8 Å². The molecule has 0 aliphatic rings. The number of hydrogen-bond acceptors (Lipinski definition) is 8. The van der Waals surface area contributed by atoms with E-state index in [1.165, 1.54) is 0 Å². The third-order valence-corrected chi connectivity index (χ3v) is 1.53. The summed E-state index contributed by atoms with van der Waals surface area (Å²) in [6, 6.07) is 0. The summed E-state index contributed by atoms with van der Waals surface area (Å²) >= 11 is 0. The summed E-state index contributed by atoms with van der Waals surface area (Å²) in [5.41, 5.74) is 29.4. The molecule has 22 heavy (non-hydrogen) atoms. The fraction of sp³-hybridized carbons (Fsp3) is 0.833. The van der Waals surface area contributed by atoms with Gasteiger partial charge in [0, 0.05) is 52.1 Å². The second-order valence-corrected chi connectivity index (χ2v) is 3.73. The molecule has 0 aromatic heterocycles. The van der Waals surface area contributed by atoms with Crippen molar-refractivity contribution in [1.82, 2.24) is 0 Å². The number of unbranched alkanes of at least 4 members (excludes halogenated alkanes) is 1. The normalized spacial score (nSPS) is 8.27. The van der Waals surface area contributed by atoms with Crippen LogP contribution in [0.4, 0.5) is 0 Å². The molecular formula is C12H34N6O4. The van der Waals surface area contributed by atoms with Gasteiger partial charge in [-0.15, -0.1) is 0 Å². The maximum absolute atomic E-state index is 9.90. The van der Waals surface area contributed by atoms with Crippen molar-refractivity contribution >= 4 is 11.9 Å². The molecule has 0 unspecified atom stereocenters. The lowest BCUT2D eigenvalue weighted by molar-refractivity contribution is -0.139. The maximum atomic E-state index is 9.90. The third kappa shape index (κ3) is 77.4. The van der Waals surface area contributed by atoms with E-state index >= 15 is 0 Å². The Bertz CT molecular complexity index is 188. The second-order valence-electron chi connectivity index (χ2n) is 3.73. The van der Waals surface area contributed by atoms with Gasteiger partial charge in [-0.2, -0.15) is 0 Å². The predicted molar refractivity (Wildman–Crippen MR) is 88.1 cm³/mol. The summed E-state index contributed by atoms with van der Waals surface area (Å²) in [5.74, 6) is -1.74. The summed E-state index contributed by atoms with van der Waals surface area (Å²) in [6.07, 6.45) is 1.02. The van der Waals surface area contributed by atoms with Gasteiger partial charge in [0.15, 0.2) is 0 Å². The Kier molecular flexibility index (Phi) is 41.7. The fourth-order valence-electron chi connectivity index (χ4n) is 0.552. The highest BCUT2D eigenvalue weighted by Crippen LogP contribution is 1.98. The molecule has 0 bridgehead atoms. The lowest BCUT2D eigenvalue weighted by atomic mass is 10.2. The smallest absolute Gasteiger partial charge is 0.303 e. The van der Waals surface area contributed by atoms with Crippen molar-refractivity contribution in [2.24, 2.45) is 34.4 Å². The van der Waals surface area contributed by atoms with E-state index in [1.807, 2.05) is 0 Å². The average molecular weight is 326 g/mol. The van der Waals surface area contributed by atoms with Gasteiger partial charge in [-0.25, -0.2) is 0 Å². The molecular weight excluding hydrogens is 292 g/mol. The van der Waals surface area contributed by atoms with Gasteiger partial charge >= 0.3 is 11.9 Å². The van der Waals surface area contributed by atoms with Crippen LogP contribution in [-0.2, 0) is 9.59 Å². The molecule has 0 spiro atoms. The van der Waals surface area contributed by atoms with Crippen molar-refractivity contribution < 1.29 is 19.8 Å². The number of carbonyl (C=O) groups is 2. The number of aliphatic carboxylic acids is 2. The zero-order valence-electron chi connectivity index (χ0n) is 13.2. The molecule has 0 aliphatic heterocycles. The van der Waals surface area contributed by atoms with E-state index in [4.69, 9.17) is 44.6 Å². The van der Waals surface area contributed by atoms with Crippen molar-refractivity contribution in [3.8, 4) is 0 Å². The van der Waals surface area contributed by atoms with Gasteiger partial charge in [0.05, 0.1) is 0 Å². The van der Waals surface area contributed by atoms with E-state index in [0.29, 0.717) is 52.1 Å². The van der Waals surface area contributed by atoms with Gasteiger partial charge in [-0.05, 0) is 12.8 Å². The van der Waals surface area contributed by atoms with Crippen molar-refractivity contribution in [2.75, 3.05) is 39.3 Å².